The van der Waals surface area contributed by atoms with Gasteiger partial charge in [-0.2, -0.15) is 0 Å². The lowest BCUT2D eigenvalue weighted by Gasteiger charge is -2.20. The van der Waals surface area contributed by atoms with Crippen LogP contribution < -0.4 is 15.0 Å². The molecule has 5 nitrogen and oxygen atoms in total. The van der Waals surface area contributed by atoms with E-state index in [0.717, 1.165) is 22.6 Å². The molecule has 0 aromatic heterocycles. The topological polar surface area (TPSA) is 58.6 Å². The molecule has 1 unspecified atom stereocenters. The Hall–Kier alpha value is -2.82. The molecular weight excluding hydrogens is 328 g/mol. The van der Waals surface area contributed by atoms with E-state index >= 15 is 0 Å². The van der Waals surface area contributed by atoms with Gasteiger partial charge in [-0.3, -0.25) is 9.59 Å². The van der Waals surface area contributed by atoms with Gasteiger partial charge in [0.2, 0.25) is 11.8 Å². The van der Waals surface area contributed by atoms with E-state index < -0.39 is 0 Å². The first-order chi connectivity index (χ1) is 12.5. The zero-order chi connectivity index (χ0) is 18.7. The number of anilines is 2. The highest BCUT2D eigenvalue weighted by molar-refractivity contribution is 6.03. The summed E-state index contributed by atoms with van der Waals surface area (Å²) in [6, 6.07) is 13.2. The van der Waals surface area contributed by atoms with Gasteiger partial charge >= 0.3 is 0 Å². The van der Waals surface area contributed by atoms with Gasteiger partial charge in [0.1, 0.15) is 5.75 Å². The van der Waals surface area contributed by atoms with Crippen molar-refractivity contribution >= 4 is 23.2 Å². The summed E-state index contributed by atoms with van der Waals surface area (Å²) in [6.07, 6.45) is 0.232. The molecule has 0 radical (unpaired) electrons. The maximum atomic E-state index is 12.6. The quantitative estimate of drug-likeness (QED) is 0.893. The Bertz CT molecular complexity index is 815. The summed E-state index contributed by atoms with van der Waals surface area (Å²) in [5, 5.41) is 2.90. The average molecular weight is 352 g/mol. The van der Waals surface area contributed by atoms with Gasteiger partial charge in [-0.1, -0.05) is 12.1 Å². The lowest BCUT2D eigenvalue weighted by Crippen LogP contribution is -2.28. The molecule has 1 aliphatic heterocycles. The van der Waals surface area contributed by atoms with E-state index in [2.05, 4.69) is 5.32 Å². The van der Waals surface area contributed by atoms with Gasteiger partial charge in [-0.05, 0) is 62.2 Å². The van der Waals surface area contributed by atoms with Gasteiger partial charge in [0, 0.05) is 24.3 Å². The number of aryl methyl sites for hydroxylation is 1. The van der Waals surface area contributed by atoms with Gasteiger partial charge < -0.3 is 15.0 Å². The molecule has 5 heteroatoms. The number of hydrogen-bond acceptors (Lipinski definition) is 3. The molecule has 0 spiro atoms. The van der Waals surface area contributed by atoms with Crippen molar-refractivity contribution in [1.29, 1.82) is 0 Å². The van der Waals surface area contributed by atoms with E-state index in [1.165, 1.54) is 0 Å². The van der Waals surface area contributed by atoms with Gasteiger partial charge in [0.25, 0.3) is 0 Å². The van der Waals surface area contributed by atoms with Gasteiger partial charge in [0.05, 0.1) is 12.5 Å². The molecule has 2 aromatic rings. The van der Waals surface area contributed by atoms with Crippen LogP contribution in [0.3, 0.4) is 0 Å². The van der Waals surface area contributed by atoms with Crippen LogP contribution >= 0.6 is 0 Å². The van der Waals surface area contributed by atoms with Crippen LogP contribution in [0.4, 0.5) is 11.4 Å². The van der Waals surface area contributed by atoms with Crippen LogP contribution in [0.1, 0.15) is 24.5 Å². The molecule has 1 fully saturated rings. The Morgan fingerprint density at radius 1 is 1.19 bits per heavy atom. The smallest absolute Gasteiger partial charge is 0.229 e. The number of carbonyl (C=O) groups excluding carboxylic acids is 2. The Morgan fingerprint density at radius 2 is 1.92 bits per heavy atom. The molecule has 1 aliphatic rings. The summed E-state index contributed by atoms with van der Waals surface area (Å²) in [5.41, 5.74) is 3.81. The summed E-state index contributed by atoms with van der Waals surface area (Å²) < 4.78 is 5.40. The maximum Gasteiger partial charge on any atom is 0.229 e. The molecule has 1 N–H and O–H groups in total. The number of nitrogens with one attached hydrogen (secondary N) is 1. The molecule has 1 heterocycles. The number of carbonyl (C=O) groups is 2. The number of benzene rings is 2. The lowest BCUT2D eigenvalue weighted by atomic mass is 10.1. The summed E-state index contributed by atoms with van der Waals surface area (Å²) in [7, 11) is 0. The normalized spacial score (nSPS) is 16.7. The Labute approximate surface area is 154 Å². The van der Waals surface area contributed by atoms with Crippen LogP contribution in [0.25, 0.3) is 0 Å². The number of ether oxygens (including phenoxy) is 1. The Kier molecular flexibility index (Phi) is 5.26. The largest absolute Gasteiger partial charge is 0.494 e. The molecule has 0 bridgehead atoms. The summed E-state index contributed by atoms with van der Waals surface area (Å²) in [5.74, 6) is 0.275. The molecule has 136 valence electrons. The minimum Gasteiger partial charge on any atom is -0.494 e. The molecule has 0 saturated carbocycles. The molecular formula is C21H24N2O3. The Morgan fingerprint density at radius 3 is 2.62 bits per heavy atom. The summed E-state index contributed by atoms with van der Waals surface area (Å²) in [4.78, 5) is 26.8. The fourth-order valence-corrected chi connectivity index (χ4v) is 3.19. The van der Waals surface area contributed by atoms with Crippen LogP contribution in [0.2, 0.25) is 0 Å². The number of rotatable bonds is 5. The third-order valence-electron chi connectivity index (χ3n) is 4.80. The van der Waals surface area contributed by atoms with E-state index in [4.69, 9.17) is 4.74 Å². The standard InChI is InChI=1S/C21H24N2O3/c1-4-26-18-10-8-17(9-11-18)22-21(25)16-12-20(24)23(13-16)19-7-5-6-14(2)15(19)3/h5-11,16H,4,12-13H2,1-3H3,(H,22,25). The number of amides is 2. The zero-order valence-corrected chi connectivity index (χ0v) is 15.4. The van der Waals surface area contributed by atoms with Gasteiger partial charge in [-0.25, -0.2) is 0 Å². The van der Waals surface area contributed by atoms with E-state index in [-0.39, 0.29) is 24.2 Å². The third kappa shape index (κ3) is 3.72. The second kappa shape index (κ2) is 7.60. The van der Waals surface area contributed by atoms with Crippen molar-refractivity contribution in [3.8, 4) is 5.75 Å². The molecule has 1 atom stereocenters. The van der Waals surface area contributed by atoms with Crippen molar-refractivity contribution < 1.29 is 14.3 Å². The number of nitrogens with zero attached hydrogens (tertiary/aromatic N) is 1. The highest BCUT2D eigenvalue weighted by atomic mass is 16.5. The molecule has 3 rings (SSSR count). The fourth-order valence-electron chi connectivity index (χ4n) is 3.19. The van der Waals surface area contributed by atoms with Crippen molar-refractivity contribution in [1.82, 2.24) is 0 Å². The third-order valence-corrected chi connectivity index (χ3v) is 4.80. The fraction of sp³-hybridized carbons (Fsp3) is 0.333. The van der Waals surface area contributed by atoms with Crippen LogP contribution in [0.15, 0.2) is 42.5 Å². The minimum atomic E-state index is -0.353. The van der Waals surface area contributed by atoms with Gasteiger partial charge in [0.15, 0.2) is 0 Å². The first kappa shape index (κ1) is 18.0. The number of hydrogen-bond donors (Lipinski definition) is 1. The monoisotopic (exact) mass is 352 g/mol. The Balaban J connectivity index is 1.68. The second-order valence-electron chi connectivity index (χ2n) is 6.57. The maximum absolute atomic E-state index is 12.6. The molecule has 0 aliphatic carbocycles. The highest BCUT2D eigenvalue weighted by Crippen LogP contribution is 2.30. The van der Waals surface area contributed by atoms with E-state index in [1.54, 1.807) is 4.90 Å². The zero-order valence-electron chi connectivity index (χ0n) is 15.4. The molecule has 26 heavy (non-hydrogen) atoms. The molecule has 2 aromatic carbocycles. The predicted molar refractivity (Wildman–Crippen MR) is 103 cm³/mol. The first-order valence-corrected chi connectivity index (χ1v) is 8.90. The minimum absolute atomic E-state index is 0.00876. The summed E-state index contributed by atoms with van der Waals surface area (Å²) >= 11 is 0. The second-order valence-corrected chi connectivity index (χ2v) is 6.57. The van der Waals surface area contributed by atoms with Crippen molar-refractivity contribution in [3.63, 3.8) is 0 Å². The molecule has 1 saturated heterocycles. The average Bonchev–Trinajstić information content (AvgIpc) is 3.01. The van der Waals surface area contributed by atoms with E-state index in [9.17, 15) is 9.59 Å². The predicted octanol–water partition coefficient (Wildman–Crippen LogP) is 3.69. The van der Waals surface area contributed by atoms with Crippen LogP contribution in [0.5, 0.6) is 5.75 Å². The summed E-state index contributed by atoms with van der Waals surface area (Å²) in [6.45, 7) is 6.96. The van der Waals surface area contributed by atoms with E-state index in [0.29, 0.717) is 18.8 Å². The van der Waals surface area contributed by atoms with Crippen LogP contribution in [-0.4, -0.2) is 25.0 Å². The van der Waals surface area contributed by atoms with E-state index in [1.807, 2.05) is 63.2 Å². The van der Waals surface area contributed by atoms with Crippen LogP contribution in [-0.2, 0) is 9.59 Å². The lowest BCUT2D eigenvalue weighted by molar-refractivity contribution is -0.122. The first-order valence-electron chi connectivity index (χ1n) is 8.90. The van der Waals surface area contributed by atoms with Crippen molar-refractivity contribution in [2.24, 2.45) is 5.92 Å². The van der Waals surface area contributed by atoms with Gasteiger partial charge in [-0.15, -0.1) is 0 Å². The van der Waals surface area contributed by atoms with Crippen molar-refractivity contribution in [3.05, 3.63) is 53.6 Å². The van der Waals surface area contributed by atoms with Crippen LogP contribution in [0, 0.1) is 19.8 Å². The highest BCUT2D eigenvalue weighted by Gasteiger charge is 2.35. The SMILES string of the molecule is CCOc1ccc(NC(=O)C2CC(=O)N(c3cccc(C)c3C)C2)cc1. The van der Waals surface area contributed by atoms with Crippen molar-refractivity contribution in [2.75, 3.05) is 23.4 Å². The van der Waals surface area contributed by atoms with Crippen molar-refractivity contribution in [2.45, 2.75) is 27.2 Å². The molecule has 2 amide bonds.